The Kier molecular flexibility index (Phi) is 7.68. The molecule has 2 amide bonds. The van der Waals surface area contributed by atoms with Crippen LogP contribution < -0.4 is 11.1 Å². The number of carbonyl (C=O) groups excluding carboxylic acids is 1. The summed E-state index contributed by atoms with van der Waals surface area (Å²) < 4.78 is 10.7. The Morgan fingerprint density at radius 3 is 2.46 bits per heavy atom. The first-order valence-corrected chi connectivity index (χ1v) is 6.19. The summed E-state index contributed by atoms with van der Waals surface area (Å²) in [6, 6.07) is -0.463. The molecule has 0 radical (unpaired) electrons. The van der Waals surface area contributed by atoms with E-state index in [1.165, 1.54) is 0 Å². The Bertz CT molecular complexity index is 156. The highest BCUT2D eigenvalue weighted by atomic mass is 32.2. The van der Waals surface area contributed by atoms with Gasteiger partial charge in [0, 0.05) is 29.4 Å². The summed E-state index contributed by atoms with van der Waals surface area (Å²) in [6.45, 7) is 0.643. The molecule has 0 spiro atoms. The van der Waals surface area contributed by atoms with Gasteiger partial charge in [-0.2, -0.15) is 0 Å². The molecule has 0 fully saturated rings. The number of amides is 2. The normalized spacial score (nSPS) is 12.4. The summed E-state index contributed by atoms with van der Waals surface area (Å²) in [5.41, 5.74) is 4.88. The molecule has 0 aliphatic rings. The van der Waals surface area contributed by atoms with Crippen LogP contribution in [0.25, 0.3) is 0 Å². The molecule has 0 bridgehead atoms. The second kappa shape index (κ2) is 8.04. The van der Waals surface area contributed by atoms with Crippen LogP contribution in [0.5, 0.6) is 0 Å². The molecule has 0 saturated carbocycles. The van der Waals surface area contributed by atoms with Gasteiger partial charge in [-0.1, -0.05) is 12.8 Å². The van der Waals surface area contributed by atoms with E-state index in [-0.39, 0.29) is 0 Å². The third-order valence-corrected chi connectivity index (χ3v) is 2.52. The molecule has 3 N–H and O–H groups in total. The Morgan fingerprint density at radius 2 is 1.92 bits per heavy atom. The smallest absolute Gasteiger partial charge is 0.312 e. The number of nitrogens with one attached hydrogen (secondary N) is 1. The molecule has 0 heterocycles. The van der Waals surface area contributed by atoms with Gasteiger partial charge in [-0.05, 0) is 12.8 Å². The van der Waals surface area contributed by atoms with Gasteiger partial charge in [-0.15, -0.1) is 0 Å². The van der Waals surface area contributed by atoms with Gasteiger partial charge in [0.2, 0.25) is 0 Å². The van der Waals surface area contributed by atoms with Gasteiger partial charge < -0.3 is 11.1 Å². The lowest BCUT2D eigenvalue weighted by molar-refractivity contribution is 0.248. The van der Waals surface area contributed by atoms with Gasteiger partial charge in [-0.3, -0.25) is 4.21 Å². The molecule has 78 valence electrons. The van der Waals surface area contributed by atoms with Crippen LogP contribution in [0.3, 0.4) is 0 Å². The maximum atomic E-state index is 10.7. The Morgan fingerprint density at radius 1 is 1.31 bits per heavy atom. The van der Waals surface area contributed by atoms with Crippen LogP contribution >= 0.6 is 0 Å². The van der Waals surface area contributed by atoms with E-state index in [1.807, 2.05) is 0 Å². The van der Waals surface area contributed by atoms with Crippen molar-refractivity contribution in [2.24, 2.45) is 5.73 Å². The van der Waals surface area contributed by atoms with Crippen molar-refractivity contribution >= 4 is 16.8 Å². The van der Waals surface area contributed by atoms with Crippen LogP contribution in [0.15, 0.2) is 0 Å². The molecule has 0 aromatic carbocycles. The topological polar surface area (TPSA) is 72.2 Å². The minimum atomic E-state index is -0.670. The van der Waals surface area contributed by atoms with E-state index in [1.54, 1.807) is 6.26 Å². The predicted octanol–water partition coefficient (Wildman–Crippen LogP) is 0.594. The summed E-state index contributed by atoms with van der Waals surface area (Å²) in [6.07, 6.45) is 5.78. The third-order valence-electron chi connectivity index (χ3n) is 1.66. The third kappa shape index (κ3) is 11.4. The molecule has 0 saturated heterocycles. The first kappa shape index (κ1) is 12.4. The van der Waals surface area contributed by atoms with Gasteiger partial charge in [0.05, 0.1) is 0 Å². The number of rotatable bonds is 7. The molecule has 0 aliphatic heterocycles. The van der Waals surface area contributed by atoms with Crippen molar-refractivity contribution in [3.63, 3.8) is 0 Å². The van der Waals surface area contributed by atoms with Gasteiger partial charge in [0.25, 0.3) is 0 Å². The maximum Gasteiger partial charge on any atom is 0.312 e. The molecular formula is C8H18N2O2S. The number of carbonyl (C=O) groups is 1. The first-order chi connectivity index (χ1) is 6.13. The molecule has 0 unspecified atom stereocenters. The number of nitrogens with two attached hydrogens (primary N) is 1. The van der Waals surface area contributed by atoms with Crippen LogP contribution in [0.1, 0.15) is 25.7 Å². The van der Waals surface area contributed by atoms with Crippen LogP contribution in [0.2, 0.25) is 0 Å². The van der Waals surface area contributed by atoms with Crippen molar-refractivity contribution in [3.8, 4) is 0 Å². The molecule has 1 atom stereocenters. The first-order valence-electron chi connectivity index (χ1n) is 4.46. The maximum absolute atomic E-state index is 10.7. The lowest BCUT2D eigenvalue weighted by atomic mass is 10.2. The lowest BCUT2D eigenvalue weighted by Crippen LogP contribution is -2.29. The largest absolute Gasteiger partial charge is 0.352 e. The zero-order chi connectivity index (χ0) is 10.1. The van der Waals surface area contributed by atoms with Crippen molar-refractivity contribution in [1.29, 1.82) is 0 Å². The number of primary amides is 1. The fraction of sp³-hybridized carbons (Fsp3) is 0.875. The molecule has 13 heavy (non-hydrogen) atoms. The number of unbranched alkanes of at least 4 members (excludes halogenated alkanes) is 3. The molecule has 0 aliphatic carbocycles. The summed E-state index contributed by atoms with van der Waals surface area (Å²) in [4.78, 5) is 10.2. The van der Waals surface area contributed by atoms with E-state index < -0.39 is 16.8 Å². The van der Waals surface area contributed by atoms with Crippen LogP contribution in [-0.4, -0.2) is 28.8 Å². The SMILES string of the molecule is C[S@](=O)CCCCCCNC(N)=O. The van der Waals surface area contributed by atoms with Gasteiger partial charge in [-0.25, -0.2) is 4.79 Å². The highest BCUT2D eigenvalue weighted by molar-refractivity contribution is 7.84. The average molecular weight is 206 g/mol. The predicted molar refractivity (Wildman–Crippen MR) is 55.0 cm³/mol. The second-order valence-electron chi connectivity index (χ2n) is 2.98. The van der Waals surface area contributed by atoms with E-state index >= 15 is 0 Å². The Labute approximate surface area is 81.7 Å². The van der Waals surface area contributed by atoms with Crippen molar-refractivity contribution < 1.29 is 9.00 Å². The summed E-state index contributed by atoms with van der Waals surface area (Å²) in [5, 5.41) is 2.52. The van der Waals surface area contributed by atoms with E-state index in [0.29, 0.717) is 6.54 Å². The van der Waals surface area contributed by atoms with Gasteiger partial charge >= 0.3 is 6.03 Å². The lowest BCUT2D eigenvalue weighted by Gasteiger charge is -2.01. The van der Waals surface area contributed by atoms with E-state index in [2.05, 4.69) is 5.32 Å². The molecule has 0 rings (SSSR count). The molecule has 0 aromatic heterocycles. The Hall–Kier alpha value is -0.580. The average Bonchev–Trinajstić information content (AvgIpc) is 2.01. The molecule has 0 aromatic rings. The van der Waals surface area contributed by atoms with E-state index in [0.717, 1.165) is 31.4 Å². The van der Waals surface area contributed by atoms with Crippen molar-refractivity contribution in [3.05, 3.63) is 0 Å². The van der Waals surface area contributed by atoms with Crippen LogP contribution in [-0.2, 0) is 10.8 Å². The second-order valence-corrected chi connectivity index (χ2v) is 4.54. The van der Waals surface area contributed by atoms with E-state index in [4.69, 9.17) is 5.73 Å². The Balaban J connectivity index is 3.00. The van der Waals surface area contributed by atoms with E-state index in [9.17, 15) is 9.00 Å². The number of hydrogen-bond donors (Lipinski definition) is 2. The quantitative estimate of drug-likeness (QED) is 0.598. The van der Waals surface area contributed by atoms with Gasteiger partial charge in [0.1, 0.15) is 0 Å². The molecular weight excluding hydrogens is 188 g/mol. The highest BCUT2D eigenvalue weighted by Crippen LogP contribution is 1.99. The van der Waals surface area contributed by atoms with Crippen LogP contribution in [0.4, 0.5) is 4.79 Å². The van der Waals surface area contributed by atoms with Crippen molar-refractivity contribution in [1.82, 2.24) is 5.32 Å². The zero-order valence-electron chi connectivity index (χ0n) is 8.04. The number of hydrogen-bond acceptors (Lipinski definition) is 2. The summed E-state index contributed by atoms with van der Waals surface area (Å²) >= 11 is 0. The minimum Gasteiger partial charge on any atom is -0.352 e. The fourth-order valence-electron chi connectivity index (χ4n) is 0.995. The van der Waals surface area contributed by atoms with Crippen molar-refractivity contribution in [2.75, 3.05) is 18.6 Å². The number of urea groups is 1. The zero-order valence-corrected chi connectivity index (χ0v) is 8.86. The molecule has 5 heteroatoms. The standard InChI is InChI=1S/C8H18N2O2S/c1-13(12)7-5-3-2-4-6-10-8(9)11/h2-7H2,1H3,(H3,9,10,11)/t13-/m0/s1. The monoisotopic (exact) mass is 206 g/mol. The van der Waals surface area contributed by atoms with Gasteiger partial charge in [0.15, 0.2) is 0 Å². The summed E-state index contributed by atoms with van der Waals surface area (Å²) in [5.74, 6) is 0.781. The fourth-order valence-corrected chi connectivity index (χ4v) is 1.61. The van der Waals surface area contributed by atoms with Crippen LogP contribution in [0, 0.1) is 0 Å². The minimum absolute atomic E-state index is 0.463. The highest BCUT2D eigenvalue weighted by Gasteiger charge is 1.94. The summed E-state index contributed by atoms with van der Waals surface area (Å²) in [7, 11) is -0.670. The van der Waals surface area contributed by atoms with Crippen molar-refractivity contribution in [2.45, 2.75) is 25.7 Å². The molecule has 4 nitrogen and oxygen atoms in total.